The van der Waals surface area contributed by atoms with Gasteiger partial charge >= 0.3 is 0 Å². The van der Waals surface area contributed by atoms with Crippen molar-refractivity contribution in [1.29, 1.82) is 0 Å². The summed E-state index contributed by atoms with van der Waals surface area (Å²) in [4.78, 5) is 28.2. The average Bonchev–Trinajstić information content (AvgIpc) is 2.70. The Hall–Kier alpha value is -3.41. The third-order valence-corrected chi connectivity index (χ3v) is 4.16. The predicted octanol–water partition coefficient (Wildman–Crippen LogP) is 2.81. The van der Waals surface area contributed by atoms with Crippen LogP contribution in [0.3, 0.4) is 0 Å². The molecule has 0 unspecified atom stereocenters. The van der Waals surface area contributed by atoms with Crippen molar-refractivity contribution in [2.45, 2.75) is 12.8 Å². The third-order valence-electron chi connectivity index (χ3n) is 4.16. The maximum Gasteiger partial charge on any atom is 0.288 e. The molecule has 0 fully saturated rings. The molecule has 1 heterocycles. The molecule has 26 heavy (non-hydrogen) atoms. The minimum absolute atomic E-state index is 0.236. The number of methoxy groups -OCH3 is 1. The Morgan fingerprint density at radius 1 is 1.00 bits per heavy atom. The fourth-order valence-corrected chi connectivity index (χ4v) is 2.58. The van der Waals surface area contributed by atoms with E-state index in [2.05, 4.69) is 15.8 Å². The first-order valence-electron chi connectivity index (χ1n) is 8.17. The first kappa shape index (κ1) is 17.4. The third kappa shape index (κ3) is 3.80. The number of rotatable bonds is 4. The molecule has 0 saturated carbocycles. The fourth-order valence-electron chi connectivity index (χ4n) is 2.58. The zero-order chi connectivity index (χ0) is 18.5. The minimum Gasteiger partial charge on any atom is -0.497 e. The van der Waals surface area contributed by atoms with Gasteiger partial charge in [0.25, 0.3) is 5.91 Å². The van der Waals surface area contributed by atoms with Crippen molar-refractivity contribution in [3.63, 3.8) is 0 Å². The highest BCUT2D eigenvalue weighted by molar-refractivity contribution is 5.94. The summed E-state index contributed by atoms with van der Waals surface area (Å²) in [6.45, 7) is 1.78. The lowest BCUT2D eigenvalue weighted by Gasteiger charge is -2.14. The molecule has 0 saturated heterocycles. The van der Waals surface area contributed by atoms with Crippen LogP contribution in [0.1, 0.15) is 28.9 Å². The van der Waals surface area contributed by atoms with E-state index in [0.29, 0.717) is 0 Å². The molecule has 1 aromatic heterocycles. The predicted molar refractivity (Wildman–Crippen MR) is 98.8 cm³/mol. The number of hydrogen-bond acceptors (Lipinski definition) is 4. The summed E-state index contributed by atoms with van der Waals surface area (Å²) in [6, 6.07) is 16.6. The number of hydrogen-bond donors (Lipinski definition) is 2. The van der Waals surface area contributed by atoms with E-state index in [1.807, 2.05) is 36.4 Å². The maximum absolute atomic E-state index is 12.3. The van der Waals surface area contributed by atoms with Crippen molar-refractivity contribution in [2.24, 2.45) is 0 Å². The minimum atomic E-state index is -0.461. The van der Waals surface area contributed by atoms with E-state index in [0.717, 1.165) is 22.1 Å². The SMILES string of the molecule is COc1ccc2cc([C@H](C)C(=O)NNC(=O)c3ccccn3)ccc2c1. The molecule has 0 bridgehead atoms. The number of amides is 2. The van der Waals surface area contributed by atoms with Crippen LogP contribution < -0.4 is 15.6 Å². The summed E-state index contributed by atoms with van der Waals surface area (Å²) >= 11 is 0. The van der Waals surface area contributed by atoms with Gasteiger partial charge in [-0.05, 0) is 47.5 Å². The quantitative estimate of drug-likeness (QED) is 0.710. The lowest BCUT2D eigenvalue weighted by Crippen LogP contribution is -2.43. The second-order valence-electron chi connectivity index (χ2n) is 5.85. The number of carbonyl (C=O) groups is 2. The number of nitrogens with zero attached hydrogens (tertiary/aromatic N) is 1. The maximum atomic E-state index is 12.3. The molecule has 3 aromatic rings. The van der Waals surface area contributed by atoms with Crippen molar-refractivity contribution < 1.29 is 14.3 Å². The van der Waals surface area contributed by atoms with Crippen LogP contribution in [-0.4, -0.2) is 23.9 Å². The van der Waals surface area contributed by atoms with Crippen molar-refractivity contribution in [1.82, 2.24) is 15.8 Å². The highest BCUT2D eigenvalue weighted by atomic mass is 16.5. The second-order valence-corrected chi connectivity index (χ2v) is 5.85. The van der Waals surface area contributed by atoms with Gasteiger partial charge in [-0.3, -0.25) is 25.4 Å². The van der Waals surface area contributed by atoms with E-state index in [4.69, 9.17) is 4.74 Å². The van der Waals surface area contributed by atoms with Gasteiger partial charge in [0.05, 0.1) is 13.0 Å². The number of nitrogens with one attached hydrogen (secondary N) is 2. The Kier molecular flexibility index (Phi) is 5.12. The molecule has 3 rings (SSSR count). The van der Waals surface area contributed by atoms with E-state index >= 15 is 0 Å². The first-order chi connectivity index (χ1) is 12.6. The summed E-state index contributed by atoms with van der Waals surface area (Å²) in [5.41, 5.74) is 5.92. The van der Waals surface area contributed by atoms with Crippen LogP contribution in [0.25, 0.3) is 10.8 Å². The summed E-state index contributed by atoms with van der Waals surface area (Å²) in [6.07, 6.45) is 1.52. The summed E-state index contributed by atoms with van der Waals surface area (Å²) in [5, 5.41) is 2.05. The standard InChI is InChI=1S/C20H19N3O3/c1-13(19(24)22-23-20(25)18-5-3-4-10-21-18)14-6-7-16-12-17(26-2)9-8-15(16)11-14/h3-13H,1-2H3,(H,22,24)(H,23,25)/t13-/m0/s1. The summed E-state index contributed by atoms with van der Waals surface area (Å²) in [7, 11) is 1.63. The zero-order valence-electron chi connectivity index (χ0n) is 14.5. The Labute approximate surface area is 151 Å². The number of benzene rings is 2. The topological polar surface area (TPSA) is 80.3 Å². The van der Waals surface area contributed by atoms with Gasteiger partial charge < -0.3 is 4.74 Å². The van der Waals surface area contributed by atoms with Gasteiger partial charge in [-0.1, -0.05) is 30.3 Å². The summed E-state index contributed by atoms with van der Waals surface area (Å²) < 4.78 is 5.22. The van der Waals surface area contributed by atoms with Gasteiger partial charge in [-0.2, -0.15) is 0 Å². The lowest BCUT2D eigenvalue weighted by atomic mass is 9.97. The molecule has 0 aliphatic heterocycles. The number of carbonyl (C=O) groups excluding carboxylic acids is 2. The Morgan fingerprint density at radius 2 is 1.77 bits per heavy atom. The average molecular weight is 349 g/mol. The molecule has 1 atom stereocenters. The molecule has 6 heteroatoms. The van der Waals surface area contributed by atoms with Crippen LogP contribution in [0.5, 0.6) is 5.75 Å². The van der Waals surface area contributed by atoms with Crippen molar-refractivity contribution in [3.8, 4) is 5.75 Å². The van der Waals surface area contributed by atoms with E-state index in [1.54, 1.807) is 32.2 Å². The van der Waals surface area contributed by atoms with Crippen molar-refractivity contribution in [3.05, 3.63) is 72.1 Å². The monoisotopic (exact) mass is 349 g/mol. The van der Waals surface area contributed by atoms with Gasteiger partial charge in [0.2, 0.25) is 5.91 Å². The molecule has 132 valence electrons. The van der Waals surface area contributed by atoms with E-state index < -0.39 is 11.8 Å². The van der Waals surface area contributed by atoms with Crippen molar-refractivity contribution >= 4 is 22.6 Å². The number of fused-ring (bicyclic) bond motifs is 1. The molecule has 2 N–H and O–H groups in total. The van der Waals surface area contributed by atoms with E-state index in [1.165, 1.54) is 6.20 Å². The first-order valence-corrected chi connectivity index (χ1v) is 8.17. The number of hydrazine groups is 1. The molecule has 2 amide bonds. The van der Waals surface area contributed by atoms with Gasteiger partial charge in [0.1, 0.15) is 11.4 Å². The molecule has 6 nitrogen and oxygen atoms in total. The molecule has 2 aromatic carbocycles. The molecule has 0 aliphatic rings. The number of ether oxygens (including phenoxy) is 1. The van der Waals surface area contributed by atoms with Gasteiger partial charge in [-0.25, -0.2) is 0 Å². The normalized spacial score (nSPS) is 11.6. The Morgan fingerprint density at radius 3 is 2.50 bits per heavy atom. The van der Waals surface area contributed by atoms with E-state index in [-0.39, 0.29) is 11.6 Å². The fraction of sp³-hybridized carbons (Fsp3) is 0.150. The van der Waals surface area contributed by atoms with Gasteiger partial charge in [0, 0.05) is 6.20 Å². The lowest BCUT2D eigenvalue weighted by molar-refractivity contribution is -0.123. The second kappa shape index (κ2) is 7.65. The Bertz CT molecular complexity index is 941. The smallest absolute Gasteiger partial charge is 0.288 e. The van der Waals surface area contributed by atoms with Crippen LogP contribution in [0.2, 0.25) is 0 Å². The van der Waals surface area contributed by atoms with Crippen LogP contribution in [-0.2, 0) is 4.79 Å². The van der Waals surface area contributed by atoms with Crippen LogP contribution in [0.4, 0.5) is 0 Å². The highest BCUT2D eigenvalue weighted by Crippen LogP contribution is 2.25. The summed E-state index contributed by atoms with van der Waals surface area (Å²) in [5.74, 6) is -0.405. The van der Waals surface area contributed by atoms with E-state index in [9.17, 15) is 9.59 Å². The van der Waals surface area contributed by atoms with Gasteiger partial charge in [0.15, 0.2) is 0 Å². The molecular formula is C20H19N3O3. The number of aromatic nitrogens is 1. The van der Waals surface area contributed by atoms with Crippen LogP contribution in [0, 0.1) is 0 Å². The zero-order valence-corrected chi connectivity index (χ0v) is 14.5. The molecule has 0 spiro atoms. The van der Waals surface area contributed by atoms with Crippen LogP contribution >= 0.6 is 0 Å². The van der Waals surface area contributed by atoms with Gasteiger partial charge in [-0.15, -0.1) is 0 Å². The highest BCUT2D eigenvalue weighted by Gasteiger charge is 2.17. The van der Waals surface area contributed by atoms with Crippen molar-refractivity contribution in [2.75, 3.05) is 7.11 Å². The molecular weight excluding hydrogens is 330 g/mol. The largest absolute Gasteiger partial charge is 0.497 e. The number of pyridine rings is 1. The molecule has 0 aliphatic carbocycles. The van der Waals surface area contributed by atoms with Crippen LogP contribution in [0.15, 0.2) is 60.8 Å². The molecule has 0 radical (unpaired) electrons. The Balaban J connectivity index is 1.68.